The zero-order chi connectivity index (χ0) is 27.9. The third-order valence-corrected chi connectivity index (χ3v) is 6.66. The van der Waals surface area contributed by atoms with Crippen LogP contribution in [0.25, 0.3) is 0 Å². The number of ether oxygens (including phenoxy) is 1. The number of aryl methyl sites for hydroxylation is 1. The third kappa shape index (κ3) is 7.98. The van der Waals surface area contributed by atoms with Crippen LogP contribution in [0.2, 0.25) is 0 Å². The number of nitrogens with zero attached hydrogens (tertiary/aromatic N) is 1. The van der Waals surface area contributed by atoms with Gasteiger partial charge in [0.05, 0.1) is 18.3 Å². The van der Waals surface area contributed by atoms with Crippen molar-refractivity contribution in [2.24, 2.45) is 11.3 Å². The molecule has 10 heteroatoms. The van der Waals surface area contributed by atoms with Gasteiger partial charge in [-0.2, -0.15) is 0 Å². The van der Waals surface area contributed by atoms with Crippen LogP contribution >= 0.6 is 0 Å². The summed E-state index contributed by atoms with van der Waals surface area (Å²) in [6, 6.07) is 8.00. The summed E-state index contributed by atoms with van der Waals surface area (Å²) in [5.41, 5.74) is 0.948. The molecule has 206 valence electrons. The largest absolute Gasteiger partial charge is 0.382 e. The molecule has 2 aromatic rings. The predicted octanol–water partition coefficient (Wildman–Crippen LogP) is 2.36. The van der Waals surface area contributed by atoms with Crippen molar-refractivity contribution in [1.82, 2.24) is 21.1 Å². The first-order valence-corrected chi connectivity index (χ1v) is 12.9. The Bertz CT molecular complexity index is 1130. The van der Waals surface area contributed by atoms with Crippen LogP contribution < -0.4 is 16.0 Å². The van der Waals surface area contributed by atoms with Gasteiger partial charge in [-0.1, -0.05) is 56.3 Å². The van der Waals surface area contributed by atoms with E-state index in [0.717, 1.165) is 18.4 Å². The zero-order valence-electron chi connectivity index (χ0n) is 22.7. The highest BCUT2D eigenvalue weighted by Gasteiger charge is 2.48. The van der Waals surface area contributed by atoms with E-state index < -0.39 is 41.3 Å². The van der Waals surface area contributed by atoms with Crippen molar-refractivity contribution in [3.8, 4) is 0 Å². The van der Waals surface area contributed by atoms with Gasteiger partial charge in [-0.15, -0.1) is 0 Å². The molecular formula is C28H38N4O6. The lowest BCUT2D eigenvalue weighted by atomic mass is 9.91. The number of carbonyl (C=O) groups is 4. The Balaban J connectivity index is 1.78. The van der Waals surface area contributed by atoms with Gasteiger partial charge in [0.2, 0.25) is 17.6 Å². The minimum Gasteiger partial charge on any atom is -0.382 e. The van der Waals surface area contributed by atoms with Crippen molar-refractivity contribution >= 4 is 23.5 Å². The molecule has 1 aromatic carbocycles. The van der Waals surface area contributed by atoms with Crippen LogP contribution in [-0.4, -0.2) is 60.5 Å². The number of amides is 3. The van der Waals surface area contributed by atoms with Crippen molar-refractivity contribution in [2.45, 2.75) is 71.5 Å². The molecule has 0 aliphatic heterocycles. The molecule has 0 radical (unpaired) electrons. The van der Waals surface area contributed by atoms with E-state index in [1.54, 1.807) is 6.92 Å². The number of hydrogen-bond acceptors (Lipinski definition) is 7. The second-order valence-electron chi connectivity index (χ2n) is 10.7. The third-order valence-electron chi connectivity index (χ3n) is 6.66. The predicted molar refractivity (Wildman–Crippen MR) is 140 cm³/mol. The summed E-state index contributed by atoms with van der Waals surface area (Å²) < 4.78 is 10.1. The van der Waals surface area contributed by atoms with Crippen LogP contribution in [0.15, 0.2) is 40.9 Å². The molecule has 0 unspecified atom stereocenters. The maximum Gasteiger partial charge on any atom is 0.290 e. The van der Waals surface area contributed by atoms with E-state index in [4.69, 9.17) is 9.26 Å². The second-order valence-corrected chi connectivity index (χ2v) is 10.7. The van der Waals surface area contributed by atoms with Crippen molar-refractivity contribution in [2.75, 3.05) is 13.7 Å². The summed E-state index contributed by atoms with van der Waals surface area (Å²) in [5, 5.41) is 11.9. The smallest absolute Gasteiger partial charge is 0.290 e. The van der Waals surface area contributed by atoms with Crippen LogP contribution in [-0.2, 0) is 25.5 Å². The molecule has 3 atom stereocenters. The number of Topliss-reactive ketones (excluding diaryl/α,β-unsaturated/α-hetero) is 1. The maximum absolute atomic E-state index is 13.5. The van der Waals surface area contributed by atoms with E-state index >= 15 is 0 Å². The second kappa shape index (κ2) is 12.8. The summed E-state index contributed by atoms with van der Waals surface area (Å²) in [6.07, 6.45) is 2.32. The molecule has 1 aromatic heterocycles. The highest BCUT2D eigenvalue weighted by atomic mass is 16.5. The highest BCUT2D eigenvalue weighted by Crippen LogP contribution is 2.47. The van der Waals surface area contributed by atoms with E-state index in [1.807, 2.05) is 51.1 Å². The van der Waals surface area contributed by atoms with Gasteiger partial charge in [-0.05, 0) is 37.7 Å². The van der Waals surface area contributed by atoms with Crippen LogP contribution in [0.3, 0.4) is 0 Å². The maximum atomic E-state index is 13.5. The van der Waals surface area contributed by atoms with E-state index in [-0.39, 0.29) is 30.5 Å². The average Bonchev–Trinajstić information content (AvgIpc) is 3.48. The number of benzene rings is 1. The molecule has 0 bridgehead atoms. The molecule has 10 nitrogen and oxygen atoms in total. The van der Waals surface area contributed by atoms with Gasteiger partial charge in [0.25, 0.3) is 5.91 Å². The molecule has 1 fully saturated rings. The number of aromatic nitrogens is 1. The Morgan fingerprint density at radius 1 is 1.00 bits per heavy atom. The lowest BCUT2D eigenvalue weighted by Crippen LogP contribution is -2.57. The number of hydrogen-bond donors (Lipinski definition) is 3. The van der Waals surface area contributed by atoms with Crippen molar-refractivity contribution < 1.29 is 28.4 Å². The molecule has 1 aliphatic carbocycles. The molecular weight excluding hydrogens is 488 g/mol. The summed E-state index contributed by atoms with van der Waals surface area (Å²) in [7, 11) is 1.40. The summed E-state index contributed by atoms with van der Waals surface area (Å²) in [5.74, 6) is -1.52. The van der Waals surface area contributed by atoms with Gasteiger partial charge < -0.3 is 25.2 Å². The molecule has 0 spiro atoms. The fourth-order valence-electron chi connectivity index (χ4n) is 4.21. The number of methoxy groups -OCH3 is 1. The van der Waals surface area contributed by atoms with E-state index in [1.165, 1.54) is 13.2 Å². The van der Waals surface area contributed by atoms with E-state index in [2.05, 4.69) is 21.1 Å². The van der Waals surface area contributed by atoms with Crippen LogP contribution in [0.4, 0.5) is 0 Å². The molecule has 1 saturated carbocycles. The highest BCUT2D eigenvalue weighted by molar-refractivity contribution is 5.98. The molecule has 3 N–H and O–H groups in total. The van der Waals surface area contributed by atoms with Gasteiger partial charge in [-0.3, -0.25) is 19.2 Å². The van der Waals surface area contributed by atoms with Crippen molar-refractivity contribution in [1.29, 1.82) is 0 Å². The number of nitrogens with one attached hydrogen (secondary N) is 3. The normalized spacial score (nSPS) is 16.3. The van der Waals surface area contributed by atoms with E-state index in [9.17, 15) is 19.2 Å². The fourth-order valence-corrected chi connectivity index (χ4v) is 4.21. The monoisotopic (exact) mass is 526 g/mol. The topological polar surface area (TPSA) is 140 Å². The minimum absolute atomic E-state index is 0.0243. The number of rotatable bonds is 14. The van der Waals surface area contributed by atoms with Crippen molar-refractivity contribution in [3.05, 3.63) is 53.4 Å². The SMILES string of the molecule is COC[C@H](NC(=O)c1cc(C)no1)C(=O)N[C@@H](Cc1ccccc1)C(=O)N[C@@H](CC(C)C)C(=O)C1(C)CC1. The van der Waals surface area contributed by atoms with Crippen molar-refractivity contribution in [3.63, 3.8) is 0 Å². The quantitative estimate of drug-likeness (QED) is 0.343. The summed E-state index contributed by atoms with van der Waals surface area (Å²) >= 11 is 0. The lowest BCUT2D eigenvalue weighted by molar-refractivity contribution is -0.133. The first kappa shape index (κ1) is 29.0. The minimum atomic E-state index is -1.09. The Kier molecular flexibility index (Phi) is 9.79. The summed E-state index contributed by atoms with van der Waals surface area (Å²) in [4.78, 5) is 52.6. The molecule has 1 aliphatic rings. The van der Waals surface area contributed by atoms with Crippen LogP contribution in [0.1, 0.15) is 61.8 Å². The zero-order valence-corrected chi connectivity index (χ0v) is 22.7. The number of ketones is 1. The lowest BCUT2D eigenvalue weighted by Gasteiger charge is -2.27. The molecule has 3 amide bonds. The van der Waals surface area contributed by atoms with Gasteiger partial charge in [0.1, 0.15) is 12.1 Å². The average molecular weight is 527 g/mol. The van der Waals surface area contributed by atoms with Gasteiger partial charge in [-0.25, -0.2) is 0 Å². The molecule has 38 heavy (non-hydrogen) atoms. The van der Waals surface area contributed by atoms with Crippen LogP contribution in [0.5, 0.6) is 0 Å². The molecule has 1 heterocycles. The standard InChI is InChI=1S/C28H38N4O6/c1-17(2)13-20(24(33)28(4)11-12-28)29-25(34)21(15-19-9-7-6-8-10-19)30-26(35)22(16-37-5)31-27(36)23-14-18(3)32-38-23/h6-10,14,17,20-22H,11-13,15-16H2,1-5H3,(H,29,34)(H,30,35)(H,31,36)/t20-,21-,22-/m0/s1. The Morgan fingerprint density at radius 2 is 1.63 bits per heavy atom. The van der Waals surface area contributed by atoms with Crippen LogP contribution in [0, 0.1) is 18.3 Å². The fraction of sp³-hybridized carbons (Fsp3) is 0.536. The Morgan fingerprint density at radius 3 is 2.18 bits per heavy atom. The number of carbonyl (C=O) groups excluding carboxylic acids is 4. The van der Waals surface area contributed by atoms with Gasteiger partial charge in [0.15, 0.2) is 5.78 Å². The first-order valence-electron chi connectivity index (χ1n) is 12.9. The molecule has 3 rings (SSSR count). The Hall–Kier alpha value is -3.53. The Labute approximate surface area is 223 Å². The summed E-state index contributed by atoms with van der Waals surface area (Å²) in [6.45, 7) is 7.47. The van der Waals surface area contributed by atoms with Gasteiger partial charge in [0, 0.05) is 25.0 Å². The van der Waals surface area contributed by atoms with E-state index in [0.29, 0.717) is 12.1 Å². The van der Waals surface area contributed by atoms with Gasteiger partial charge >= 0.3 is 0 Å². The first-order chi connectivity index (χ1) is 18.0. The molecule has 0 saturated heterocycles.